The molecule has 0 aliphatic rings. The van der Waals surface area contributed by atoms with Crippen molar-refractivity contribution in [3.8, 4) is 5.75 Å². The summed E-state index contributed by atoms with van der Waals surface area (Å²) in [4.78, 5) is 34.6. The molecule has 29 heavy (non-hydrogen) atoms. The molecule has 0 aliphatic heterocycles. The number of hydrogen-bond donors (Lipinski definition) is 2. The first-order valence-corrected chi connectivity index (χ1v) is 8.90. The van der Waals surface area contributed by atoms with E-state index in [1.54, 1.807) is 24.3 Å². The van der Waals surface area contributed by atoms with E-state index in [4.69, 9.17) is 9.47 Å². The summed E-state index contributed by atoms with van der Waals surface area (Å²) in [7, 11) is 1.27. The first-order chi connectivity index (χ1) is 14.0. The number of aliphatic carboxylic acids is 1. The number of benzene rings is 2. The summed E-state index contributed by atoms with van der Waals surface area (Å²) in [6, 6.07) is 14.8. The van der Waals surface area contributed by atoms with Crippen LogP contribution in [-0.4, -0.2) is 49.3 Å². The lowest BCUT2D eigenvalue weighted by Gasteiger charge is -2.15. The third-order valence-electron chi connectivity index (χ3n) is 3.93. The molecule has 1 atom stereocenters. The molecule has 0 fully saturated rings. The zero-order chi connectivity index (χ0) is 21.1. The first-order valence-electron chi connectivity index (χ1n) is 8.90. The SMILES string of the molecule is COC(=O)COc1ccc(CC(NC(=O)COCc2ccccc2)C(=O)O)cc1. The van der Waals surface area contributed by atoms with Crippen molar-refractivity contribution in [2.75, 3.05) is 20.3 Å². The lowest BCUT2D eigenvalue weighted by molar-refractivity contribution is -0.143. The standard InChI is InChI=1S/C21H23NO7/c1-27-20(24)14-29-17-9-7-15(8-10-17)11-18(21(25)26)22-19(23)13-28-12-16-5-3-2-4-6-16/h2-10,18H,11-14H2,1H3,(H,22,23)(H,25,26). The van der Waals surface area contributed by atoms with E-state index in [1.165, 1.54) is 7.11 Å². The molecule has 1 amide bonds. The number of ether oxygens (including phenoxy) is 3. The number of rotatable bonds is 11. The summed E-state index contributed by atoms with van der Waals surface area (Å²) in [5, 5.41) is 11.8. The summed E-state index contributed by atoms with van der Waals surface area (Å²) >= 11 is 0. The molecule has 0 heterocycles. The van der Waals surface area contributed by atoms with Gasteiger partial charge in [-0.15, -0.1) is 0 Å². The molecule has 0 aromatic heterocycles. The maximum Gasteiger partial charge on any atom is 0.343 e. The molecule has 8 heteroatoms. The highest BCUT2D eigenvalue weighted by molar-refractivity contribution is 5.84. The van der Waals surface area contributed by atoms with Gasteiger partial charge in [0.05, 0.1) is 13.7 Å². The quantitative estimate of drug-likeness (QED) is 0.550. The number of carboxylic acids is 1. The summed E-state index contributed by atoms with van der Waals surface area (Å²) in [6.45, 7) is -0.190. The second kappa shape index (κ2) is 11.5. The molecule has 0 aliphatic carbocycles. The van der Waals surface area contributed by atoms with E-state index < -0.39 is 23.9 Å². The topological polar surface area (TPSA) is 111 Å². The van der Waals surface area contributed by atoms with Crippen molar-refractivity contribution in [3.05, 3.63) is 65.7 Å². The largest absolute Gasteiger partial charge is 0.482 e. The van der Waals surface area contributed by atoms with E-state index in [9.17, 15) is 19.5 Å². The first kappa shape index (κ1) is 21.9. The fraction of sp³-hybridized carbons (Fsp3) is 0.286. The van der Waals surface area contributed by atoms with Crippen molar-refractivity contribution in [3.63, 3.8) is 0 Å². The molecular weight excluding hydrogens is 378 g/mol. The second-order valence-corrected chi connectivity index (χ2v) is 6.15. The van der Waals surface area contributed by atoms with Crippen LogP contribution in [0.15, 0.2) is 54.6 Å². The Hall–Kier alpha value is -3.39. The minimum Gasteiger partial charge on any atom is -0.482 e. The van der Waals surface area contributed by atoms with Crippen LogP contribution < -0.4 is 10.1 Å². The molecule has 154 valence electrons. The van der Waals surface area contributed by atoms with Crippen LogP contribution in [0, 0.1) is 0 Å². The van der Waals surface area contributed by atoms with Crippen molar-refractivity contribution in [1.29, 1.82) is 0 Å². The Morgan fingerprint density at radius 3 is 2.28 bits per heavy atom. The summed E-state index contributed by atoms with van der Waals surface area (Å²) in [5.74, 6) is -1.71. The molecule has 2 aromatic rings. The third-order valence-corrected chi connectivity index (χ3v) is 3.93. The fourth-order valence-electron chi connectivity index (χ4n) is 2.43. The van der Waals surface area contributed by atoms with Crippen molar-refractivity contribution >= 4 is 17.8 Å². The number of carbonyl (C=O) groups is 3. The minimum absolute atomic E-state index is 0.0943. The van der Waals surface area contributed by atoms with Crippen molar-refractivity contribution in [1.82, 2.24) is 5.32 Å². The van der Waals surface area contributed by atoms with Gasteiger partial charge in [0.25, 0.3) is 0 Å². The monoisotopic (exact) mass is 401 g/mol. The molecule has 8 nitrogen and oxygen atoms in total. The van der Waals surface area contributed by atoms with Gasteiger partial charge in [0.15, 0.2) is 6.61 Å². The predicted molar refractivity (Wildman–Crippen MR) is 103 cm³/mol. The van der Waals surface area contributed by atoms with Crippen LogP contribution in [-0.2, 0) is 36.9 Å². The maximum atomic E-state index is 12.0. The van der Waals surface area contributed by atoms with Crippen LogP contribution in [0.1, 0.15) is 11.1 Å². The van der Waals surface area contributed by atoms with E-state index in [-0.39, 0.29) is 26.2 Å². The van der Waals surface area contributed by atoms with Gasteiger partial charge >= 0.3 is 11.9 Å². The Kier molecular flexibility index (Phi) is 8.65. The van der Waals surface area contributed by atoms with Gasteiger partial charge in [-0.1, -0.05) is 42.5 Å². The van der Waals surface area contributed by atoms with E-state index in [0.29, 0.717) is 11.3 Å². The average molecular weight is 401 g/mol. The molecule has 0 bridgehead atoms. The molecule has 0 saturated heterocycles. The molecule has 0 radical (unpaired) electrons. The van der Waals surface area contributed by atoms with Crippen LogP contribution in [0.4, 0.5) is 0 Å². The van der Waals surface area contributed by atoms with Gasteiger partial charge in [-0.25, -0.2) is 9.59 Å². The van der Waals surface area contributed by atoms with E-state index in [1.807, 2.05) is 30.3 Å². The number of carboxylic acid groups (broad SMARTS) is 1. The Bertz CT molecular complexity index is 806. The molecule has 1 unspecified atom stereocenters. The number of nitrogens with one attached hydrogen (secondary N) is 1. The maximum absolute atomic E-state index is 12.0. The number of methoxy groups -OCH3 is 1. The molecule has 2 rings (SSSR count). The third kappa shape index (κ3) is 8.02. The Morgan fingerprint density at radius 1 is 0.966 bits per heavy atom. The minimum atomic E-state index is -1.15. The van der Waals surface area contributed by atoms with Crippen molar-refractivity contribution < 1.29 is 33.7 Å². The highest BCUT2D eigenvalue weighted by atomic mass is 16.6. The zero-order valence-electron chi connectivity index (χ0n) is 16.0. The Morgan fingerprint density at radius 2 is 1.66 bits per heavy atom. The summed E-state index contributed by atoms with van der Waals surface area (Å²) in [5.41, 5.74) is 1.61. The van der Waals surface area contributed by atoms with Gasteiger partial charge in [-0.05, 0) is 23.3 Å². The molecule has 2 N–H and O–H groups in total. The van der Waals surface area contributed by atoms with Crippen LogP contribution >= 0.6 is 0 Å². The van der Waals surface area contributed by atoms with Gasteiger partial charge in [-0.3, -0.25) is 4.79 Å². The van der Waals surface area contributed by atoms with E-state index in [0.717, 1.165) is 5.56 Å². The van der Waals surface area contributed by atoms with Gasteiger partial charge in [-0.2, -0.15) is 0 Å². The van der Waals surface area contributed by atoms with Gasteiger partial charge < -0.3 is 24.6 Å². The van der Waals surface area contributed by atoms with Crippen molar-refractivity contribution in [2.24, 2.45) is 0 Å². The summed E-state index contributed by atoms with van der Waals surface area (Å²) < 4.78 is 15.0. The highest BCUT2D eigenvalue weighted by Gasteiger charge is 2.20. The van der Waals surface area contributed by atoms with E-state index >= 15 is 0 Å². The highest BCUT2D eigenvalue weighted by Crippen LogP contribution is 2.14. The number of esters is 1. The Balaban J connectivity index is 1.81. The number of hydrogen-bond acceptors (Lipinski definition) is 6. The van der Waals surface area contributed by atoms with Crippen LogP contribution in [0.5, 0.6) is 5.75 Å². The number of amides is 1. The molecule has 2 aromatic carbocycles. The normalized spacial score (nSPS) is 11.3. The van der Waals surface area contributed by atoms with Crippen LogP contribution in [0.25, 0.3) is 0 Å². The predicted octanol–water partition coefficient (Wildman–Crippen LogP) is 1.57. The summed E-state index contributed by atoms with van der Waals surface area (Å²) in [6.07, 6.45) is 0.0943. The average Bonchev–Trinajstić information content (AvgIpc) is 2.73. The molecule has 0 saturated carbocycles. The molecular formula is C21H23NO7. The van der Waals surface area contributed by atoms with Crippen LogP contribution in [0.3, 0.4) is 0 Å². The Labute approximate surface area is 168 Å². The lowest BCUT2D eigenvalue weighted by atomic mass is 10.1. The fourth-order valence-corrected chi connectivity index (χ4v) is 2.43. The smallest absolute Gasteiger partial charge is 0.343 e. The molecule has 0 spiro atoms. The van der Waals surface area contributed by atoms with Gasteiger partial charge in [0.1, 0.15) is 18.4 Å². The zero-order valence-corrected chi connectivity index (χ0v) is 16.0. The van der Waals surface area contributed by atoms with E-state index in [2.05, 4.69) is 10.1 Å². The van der Waals surface area contributed by atoms with Crippen molar-refractivity contribution in [2.45, 2.75) is 19.1 Å². The lowest BCUT2D eigenvalue weighted by Crippen LogP contribution is -2.43. The van der Waals surface area contributed by atoms with Crippen LogP contribution in [0.2, 0.25) is 0 Å². The second-order valence-electron chi connectivity index (χ2n) is 6.15. The van der Waals surface area contributed by atoms with Gasteiger partial charge in [0.2, 0.25) is 5.91 Å². The number of carbonyl (C=O) groups excluding carboxylic acids is 2. The van der Waals surface area contributed by atoms with Gasteiger partial charge in [0, 0.05) is 6.42 Å².